The number of ether oxygens (including phenoxy) is 1. The Balaban J connectivity index is 2.70. The molecular weight excluding hydrogens is 242 g/mol. The molecule has 0 heterocycles. The number of hydrogen-bond donors (Lipinski definition) is 2. The van der Waals surface area contributed by atoms with E-state index in [4.69, 9.17) is 9.84 Å². The van der Waals surface area contributed by atoms with E-state index >= 15 is 0 Å². The Morgan fingerprint density at radius 2 is 2.12 bits per heavy atom. The molecule has 0 radical (unpaired) electrons. The molecule has 1 aromatic rings. The van der Waals surface area contributed by atoms with Gasteiger partial charge < -0.3 is 15.2 Å². The predicted octanol–water partition coefficient (Wildman–Crippen LogP) is 1.45. The number of carbonyl (C=O) groups is 2. The van der Waals surface area contributed by atoms with E-state index in [-0.39, 0.29) is 18.3 Å². The van der Waals surface area contributed by atoms with Gasteiger partial charge >= 0.3 is 5.97 Å². The van der Waals surface area contributed by atoms with Gasteiger partial charge in [0.15, 0.2) is 0 Å². The maximum absolute atomic E-state index is 11.3. The van der Waals surface area contributed by atoms with E-state index in [1.54, 1.807) is 24.3 Å². The summed E-state index contributed by atoms with van der Waals surface area (Å²) in [7, 11) is 1.44. The van der Waals surface area contributed by atoms with Gasteiger partial charge in [-0.15, -0.1) is 11.8 Å². The Morgan fingerprint density at radius 1 is 1.41 bits per heavy atom. The van der Waals surface area contributed by atoms with Gasteiger partial charge in [0, 0.05) is 12.0 Å². The first-order valence-corrected chi connectivity index (χ1v) is 5.84. The van der Waals surface area contributed by atoms with Crippen molar-refractivity contribution in [1.82, 2.24) is 0 Å². The summed E-state index contributed by atoms with van der Waals surface area (Å²) < 4.78 is 4.70. The molecule has 6 heteroatoms. The van der Waals surface area contributed by atoms with E-state index < -0.39 is 5.97 Å². The van der Waals surface area contributed by atoms with Crippen LogP contribution in [0.5, 0.6) is 0 Å². The fraction of sp³-hybridized carbons (Fsp3) is 0.273. The number of carbonyl (C=O) groups excluding carboxylic acids is 1. The average molecular weight is 255 g/mol. The van der Waals surface area contributed by atoms with Crippen molar-refractivity contribution in [2.24, 2.45) is 0 Å². The highest BCUT2D eigenvalue weighted by Crippen LogP contribution is 2.26. The van der Waals surface area contributed by atoms with Gasteiger partial charge in [-0.2, -0.15) is 0 Å². The largest absolute Gasteiger partial charge is 0.481 e. The number of benzene rings is 1. The van der Waals surface area contributed by atoms with Crippen molar-refractivity contribution >= 4 is 29.3 Å². The number of para-hydroxylation sites is 1. The van der Waals surface area contributed by atoms with Crippen LogP contribution in [0, 0.1) is 0 Å². The number of methoxy groups -OCH3 is 1. The third-order valence-electron chi connectivity index (χ3n) is 1.79. The second kappa shape index (κ2) is 6.93. The van der Waals surface area contributed by atoms with Crippen LogP contribution in [0.4, 0.5) is 5.69 Å². The minimum atomic E-state index is -0.895. The zero-order valence-electron chi connectivity index (χ0n) is 9.30. The molecule has 0 aliphatic carbocycles. The third kappa shape index (κ3) is 4.88. The van der Waals surface area contributed by atoms with Gasteiger partial charge in [0.05, 0.1) is 11.4 Å². The van der Waals surface area contributed by atoms with Crippen LogP contribution < -0.4 is 5.32 Å². The molecule has 0 bridgehead atoms. The SMILES string of the molecule is COCC(=O)Nc1ccccc1SCC(=O)O. The molecule has 17 heavy (non-hydrogen) atoms. The molecule has 0 unspecified atom stereocenters. The highest BCUT2D eigenvalue weighted by Gasteiger charge is 2.08. The number of thioether (sulfide) groups is 1. The van der Waals surface area contributed by atoms with Crippen molar-refractivity contribution in [1.29, 1.82) is 0 Å². The number of anilines is 1. The Morgan fingerprint density at radius 3 is 2.76 bits per heavy atom. The summed E-state index contributed by atoms with van der Waals surface area (Å²) in [6, 6.07) is 7.04. The lowest BCUT2D eigenvalue weighted by atomic mass is 10.3. The number of carboxylic acids is 1. The lowest BCUT2D eigenvalue weighted by Gasteiger charge is -2.09. The normalized spacial score (nSPS) is 9.94. The Kier molecular flexibility index (Phi) is 5.51. The standard InChI is InChI=1S/C11H13NO4S/c1-16-6-10(13)12-8-4-2-3-5-9(8)17-7-11(14)15/h2-5H,6-7H2,1H3,(H,12,13)(H,14,15). The second-order valence-electron chi connectivity index (χ2n) is 3.16. The molecule has 2 N–H and O–H groups in total. The van der Waals surface area contributed by atoms with Gasteiger partial charge in [-0.1, -0.05) is 12.1 Å². The summed E-state index contributed by atoms with van der Waals surface area (Å²) >= 11 is 1.16. The molecule has 0 saturated heterocycles. The van der Waals surface area contributed by atoms with E-state index in [0.717, 1.165) is 16.7 Å². The average Bonchev–Trinajstić information content (AvgIpc) is 2.28. The third-order valence-corrected chi connectivity index (χ3v) is 2.85. The molecule has 0 aliphatic heterocycles. The van der Waals surface area contributed by atoms with E-state index in [1.807, 2.05) is 0 Å². The lowest BCUT2D eigenvalue weighted by molar-refractivity contribution is -0.133. The number of amides is 1. The van der Waals surface area contributed by atoms with E-state index in [2.05, 4.69) is 5.32 Å². The van der Waals surface area contributed by atoms with Crippen molar-refractivity contribution in [3.8, 4) is 0 Å². The molecule has 0 saturated carbocycles. The van der Waals surface area contributed by atoms with E-state index in [9.17, 15) is 9.59 Å². The molecule has 0 aromatic heterocycles. The van der Waals surface area contributed by atoms with Crippen LogP contribution in [0.2, 0.25) is 0 Å². The van der Waals surface area contributed by atoms with Crippen molar-refractivity contribution in [2.45, 2.75) is 4.90 Å². The Bertz CT molecular complexity index is 408. The quantitative estimate of drug-likeness (QED) is 0.752. The fourth-order valence-electron chi connectivity index (χ4n) is 1.15. The van der Waals surface area contributed by atoms with Gasteiger partial charge in [-0.3, -0.25) is 9.59 Å². The van der Waals surface area contributed by atoms with Crippen molar-refractivity contribution in [3.05, 3.63) is 24.3 Å². The van der Waals surface area contributed by atoms with E-state index in [1.165, 1.54) is 7.11 Å². The Hall–Kier alpha value is -1.53. The molecule has 5 nitrogen and oxygen atoms in total. The smallest absolute Gasteiger partial charge is 0.313 e. The summed E-state index contributed by atoms with van der Waals surface area (Å²) in [5.74, 6) is -1.21. The molecular formula is C11H13NO4S. The number of rotatable bonds is 6. The summed E-state index contributed by atoms with van der Waals surface area (Å²) in [5.41, 5.74) is 0.598. The summed E-state index contributed by atoms with van der Waals surface area (Å²) in [5, 5.41) is 11.3. The van der Waals surface area contributed by atoms with Crippen molar-refractivity contribution in [2.75, 3.05) is 24.8 Å². The van der Waals surface area contributed by atoms with Crippen LogP contribution in [0.1, 0.15) is 0 Å². The van der Waals surface area contributed by atoms with Crippen LogP contribution in [0.15, 0.2) is 29.2 Å². The zero-order chi connectivity index (χ0) is 12.7. The predicted molar refractivity (Wildman–Crippen MR) is 65.3 cm³/mol. The summed E-state index contributed by atoms with van der Waals surface area (Å²) in [6.45, 7) is -0.0298. The maximum atomic E-state index is 11.3. The highest BCUT2D eigenvalue weighted by molar-refractivity contribution is 8.00. The van der Waals surface area contributed by atoms with Gasteiger partial charge in [0.25, 0.3) is 0 Å². The first kappa shape index (κ1) is 13.5. The lowest BCUT2D eigenvalue weighted by Crippen LogP contribution is -2.17. The summed E-state index contributed by atoms with van der Waals surface area (Å²) in [4.78, 5) is 22.5. The Labute approximate surface area is 103 Å². The molecule has 0 fully saturated rings. The van der Waals surface area contributed by atoms with Crippen molar-refractivity contribution in [3.63, 3.8) is 0 Å². The van der Waals surface area contributed by atoms with Crippen LogP contribution in [-0.2, 0) is 14.3 Å². The van der Waals surface area contributed by atoms with Crippen LogP contribution in [0.3, 0.4) is 0 Å². The molecule has 0 spiro atoms. The second-order valence-corrected chi connectivity index (χ2v) is 4.18. The molecule has 1 aromatic carbocycles. The van der Waals surface area contributed by atoms with Gasteiger partial charge in [0.1, 0.15) is 6.61 Å². The minimum Gasteiger partial charge on any atom is -0.481 e. The van der Waals surface area contributed by atoms with Gasteiger partial charge in [-0.05, 0) is 12.1 Å². The van der Waals surface area contributed by atoms with Crippen molar-refractivity contribution < 1.29 is 19.4 Å². The number of hydrogen-bond acceptors (Lipinski definition) is 4. The first-order chi connectivity index (χ1) is 8.13. The molecule has 92 valence electrons. The molecule has 0 atom stereocenters. The number of nitrogens with one attached hydrogen (secondary N) is 1. The van der Waals surface area contributed by atoms with E-state index in [0.29, 0.717) is 5.69 Å². The number of aliphatic carboxylic acids is 1. The molecule has 0 aliphatic rings. The first-order valence-electron chi connectivity index (χ1n) is 4.86. The monoisotopic (exact) mass is 255 g/mol. The number of carboxylic acid groups (broad SMARTS) is 1. The zero-order valence-corrected chi connectivity index (χ0v) is 10.1. The van der Waals surface area contributed by atoms with Gasteiger partial charge in [-0.25, -0.2) is 0 Å². The van der Waals surface area contributed by atoms with Crippen LogP contribution in [0.25, 0.3) is 0 Å². The topological polar surface area (TPSA) is 75.6 Å². The maximum Gasteiger partial charge on any atom is 0.313 e. The molecule has 1 rings (SSSR count). The minimum absolute atomic E-state index is 0.0298. The highest BCUT2D eigenvalue weighted by atomic mass is 32.2. The fourth-order valence-corrected chi connectivity index (χ4v) is 1.88. The molecule has 1 amide bonds. The summed E-state index contributed by atoms with van der Waals surface area (Å²) in [6.07, 6.45) is 0. The van der Waals surface area contributed by atoms with Gasteiger partial charge in [0.2, 0.25) is 5.91 Å². The van der Waals surface area contributed by atoms with Crippen LogP contribution >= 0.6 is 11.8 Å². The van der Waals surface area contributed by atoms with Crippen LogP contribution in [-0.4, -0.2) is 36.5 Å².